The van der Waals surface area contributed by atoms with Crippen molar-refractivity contribution in [3.05, 3.63) is 156 Å². The Morgan fingerprint density at radius 3 is 1.19 bits per heavy atom. The molecule has 2 fully saturated rings. The smallest absolute Gasteiger partial charge is 0.329 e. The van der Waals surface area contributed by atoms with Gasteiger partial charge < -0.3 is 19.3 Å². The maximum absolute atomic E-state index is 14.4. The maximum atomic E-state index is 14.4. The summed E-state index contributed by atoms with van der Waals surface area (Å²) in [5.74, 6) is -2.41. The van der Waals surface area contributed by atoms with E-state index in [0.717, 1.165) is 22.3 Å². The molecule has 8 heteroatoms. The number of carbonyl (C=O) groups is 4. The van der Waals surface area contributed by atoms with Gasteiger partial charge >= 0.3 is 11.9 Å². The number of rotatable bonds is 14. The Morgan fingerprint density at radius 1 is 0.519 bits per heavy atom. The molecule has 0 spiro atoms. The lowest BCUT2D eigenvalue weighted by Crippen LogP contribution is -2.45. The fraction of sp³-hybridized carbons (Fsp3) is 0.318. The predicted octanol–water partition coefficient (Wildman–Crippen LogP) is 6.73. The summed E-state index contributed by atoms with van der Waals surface area (Å²) in [6, 6.07) is 37.2. The van der Waals surface area contributed by atoms with Crippen LogP contribution in [0, 0.1) is 11.8 Å². The molecule has 4 aromatic rings. The molecule has 52 heavy (non-hydrogen) atoms. The molecule has 2 aliphatic rings. The molecule has 0 bridgehead atoms. The van der Waals surface area contributed by atoms with E-state index in [9.17, 15) is 19.2 Å². The van der Waals surface area contributed by atoms with Gasteiger partial charge in [-0.1, -0.05) is 133 Å². The number of amides is 2. The second-order valence-electron chi connectivity index (χ2n) is 13.5. The van der Waals surface area contributed by atoms with Crippen molar-refractivity contribution >= 4 is 23.8 Å². The number of benzene rings is 4. The van der Waals surface area contributed by atoms with Crippen molar-refractivity contribution in [1.29, 1.82) is 0 Å². The molecule has 0 N–H and O–H groups in total. The molecule has 0 saturated carbocycles. The first-order valence-corrected chi connectivity index (χ1v) is 18.2. The first-order valence-electron chi connectivity index (χ1n) is 18.2. The zero-order valence-electron chi connectivity index (χ0n) is 29.4. The lowest BCUT2D eigenvalue weighted by Gasteiger charge is -2.28. The maximum Gasteiger partial charge on any atom is 0.329 e. The van der Waals surface area contributed by atoms with Gasteiger partial charge in [-0.05, 0) is 60.8 Å². The Labute approximate surface area is 306 Å². The molecule has 2 amide bonds. The van der Waals surface area contributed by atoms with Crippen molar-refractivity contribution < 1.29 is 28.7 Å². The van der Waals surface area contributed by atoms with Gasteiger partial charge in [-0.3, -0.25) is 9.59 Å². The van der Waals surface area contributed by atoms with E-state index in [-0.39, 0.29) is 25.0 Å². The highest BCUT2D eigenvalue weighted by molar-refractivity contribution is 5.89. The second-order valence-corrected chi connectivity index (χ2v) is 13.5. The number of likely N-dealkylation sites (tertiary alicyclic amines) is 2. The van der Waals surface area contributed by atoms with Crippen LogP contribution in [0.4, 0.5) is 0 Å². The van der Waals surface area contributed by atoms with Crippen LogP contribution in [0.5, 0.6) is 0 Å². The van der Waals surface area contributed by atoms with Crippen molar-refractivity contribution in [3.63, 3.8) is 0 Å². The highest BCUT2D eigenvalue weighted by atomic mass is 16.5. The number of esters is 2. The number of ether oxygens (including phenoxy) is 2. The quantitative estimate of drug-likeness (QED) is 0.107. The van der Waals surface area contributed by atoms with E-state index in [1.807, 2.05) is 133 Å². The summed E-state index contributed by atoms with van der Waals surface area (Å²) in [5.41, 5.74) is 3.71. The molecule has 0 aromatic heterocycles. The lowest BCUT2D eigenvalue weighted by molar-refractivity contribution is -0.155. The average Bonchev–Trinajstić information content (AvgIpc) is 3.90. The van der Waals surface area contributed by atoms with E-state index in [2.05, 4.69) is 0 Å². The first-order chi connectivity index (χ1) is 25.5. The normalized spacial score (nSPS) is 18.2. The van der Waals surface area contributed by atoms with Gasteiger partial charge in [-0.25, -0.2) is 9.59 Å². The van der Waals surface area contributed by atoms with E-state index in [4.69, 9.17) is 9.47 Å². The van der Waals surface area contributed by atoms with Gasteiger partial charge in [-0.15, -0.1) is 0 Å². The third kappa shape index (κ3) is 9.63. The monoisotopic (exact) mass is 698 g/mol. The van der Waals surface area contributed by atoms with Crippen LogP contribution in [0.1, 0.15) is 47.9 Å². The molecule has 2 unspecified atom stereocenters. The zero-order valence-corrected chi connectivity index (χ0v) is 29.4. The number of hydrogen-bond donors (Lipinski definition) is 0. The fourth-order valence-corrected chi connectivity index (χ4v) is 7.11. The molecule has 4 aromatic carbocycles. The van der Waals surface area contributed by atoms with Crippen molar-refractivity contribution in [1.82, 2.24) is 9.80 Å². The summed E-state index contributed by atoms with van der Waals surface area (Å²) in [6.07, 6.45) is 6.95. The molecule has 0 radical (unpaired) electrons. The Hall–Kier alpha value is -5.50. The van der Waals surface area contributed by atoms with Gasteiger partial charge in [-0.2, -0.15) is 0 Å². The molecule has 2 saturated heterocycles. The van der Waals surface area contributed by atoms with E-state index >= 15 is 0 Å². The summed E-state index contributed by atoms with van der Waals surface area (Å²) >= 11 is 0. The van der Waals surface area contributed by atoms with Crippen molar-refractivity contribution in [2.24, 2.45) is 11.8 Å². The zero-order chi connectivity index (χ0) is 36.1. The van der Waals surface area contributed by atoms with E-state index in [0.29, 0.717) is 51.6 Å². The molecule has 268 valence electrons. The van der Waals surface area contributed by atoms with Crippen LogP contribution in [0.15, 0.2) is 133 Å². The number of carbonyl (C=O) groups excluding carboxylic acids is 4. The SMILES string of the molecule is O=C(OCc1ccccc1)[C@H]1CCCN1C(=O)C(C=CC(Cc1ccccc1)C(=O)N1CCC[C@@H]1C(=O)OCc1ccccc1)Cc1ccccc1. The number of nitrogens with zero attached hydrogens (tertiary/aromatic N) is 2. The Morgan fingerprint density at radius 2 is 0.846 bits per heavy atom. The molecule has 2 heterocycles. The minimum Gasteiger partial charge on any atom is -0.459 e. The summed E-state index contributed by atoms with van der Waals surface area (Å²) in [5, 5.41) is 0. The topological polar surface area (TPSA) is 93.2 Å². The van der Waals surface area contributed by atoms with Crippen LogP contribution in [0.3, 0.4) is 0 Å². The Balaban J connectivity index is 1.22. The third-order valence-electron chi connectivity index (χ3n) is 9.87. The average molecular weight is 699 g/mol. The van der Waals surface area contributed by atoms with E-state index in [1.54, 1.807) is 9.80 Å². The van der Waals surface area contributed by atoms with Crippen molar-refractivity contribution in [2.45, 2.75) is 63.8 Å². The first kappa shape index (κ1) is 36.3. The van der Waals surface area contributed by atoms with Gasteiger partial charge in [0.1, 0.15) is 25.3 Å². The molecule has 2 aliphatic heterocycles. The summed E-state index contributed by atoms with van der Waals surface area (Å²) in [7, 11) is 0. The molecule has 4 atom stereocenters. The lowest BCUT2D eigenvalue weighted by atomic mass is 9.92. The molecule has 6 rings (SSSR count). The summed E-state index contributed by atoms with van der Waals surface area (Å²) < 4.78 is 11.4. The largest absolute Gasteiger partial charge is 0.459 e. The Kier molecular flexibility index (Phi) is 12.7. The molecule has 8 nitrogen and oxygen atoms in total. The second kappa shape index (κ2) is 18.1. The van der Waals surface area contributed by atoms with Gasteiger partial charge in [0.05, 0.1) is 11.8 Å². The molecular weight excluding hydrogens is 652 g/mol. The van der Waals surface area contributed by atoms with Gasteiger partial charge in [0.15, 0.2) is 0 Å². The van der Waals surface area contributed by atoms with Gasteiger partial charge in [0, 0.05) is 13.1 Å². The fourth-order valence-electron chi connectivity index (χ4n) is 7.11. The van der Waals surface area contributed by atoms with Crippen LogP contribution in [-0.2, 0) is 54.7 Å². The van der Waals surface area contributed by atoms with Gasteiger partial charge in [0.2, 0.25) is 11.8 Å². The van der Waals surface area contributed by atoms with Crippen molar-refractivity contribution in [2.75, 3.05) is 13.1 Å². The van der Waals surface area contributed by atoms with Crippen LogP contribution < -0.4 is 0 Å². The van der Waals surface area contributed by atoms with Crippen molar-refractivity contribution in [3.8, 4) is 0 Å². The minimum absolute atomic E-state index is 0.145. The molecule has 0 aliphatic carbocycles. The number of hydrogen-bond acceptors (Lipinski definition) is 6. The highest BCUT2D eigenvalue weighted by Gasteiger charge is 2.39. The van der Waals surface area contributed by atoms with Crippen LogP contribution in [0.25, 0.3) is 0 Å². The Bertz CT molecular complexity index is 1660. The standard InChI is InChI=1S/C44H46N2O6/c47-41(45-27-13-23-39(45)43(49)51-31-35-19-9-3-10-20-35)37(29-33-15-5-1-6-16-33)25-26-38(30-34-17-7-2-8-18-34)42(48)46-28-14-24-40(46)44(50)52-32-36-21-11-4-12-22-36/h1-12,15-22,25-26,37-40H,13-14,23-24,27-32H2/t37?,38?,39-,40-/m1/s1. The van der Waals surface area contributed by atoms with Gasteiger partial charge in [0.25, 0.3) is 0 Å². The summed E-state index contributed by atoms with van der Waals surface area (Å²) in [6.45, 7) is 1.20. The minimum atomic E-state index is -0.670. The van der Waals surface area contributed by atoms with Crippen LogP contribution >= 0.6 is 0 Å². The highest BCUT2D eigenvalue weighted by Crippen LogP contribution is 2.27. The van der Waals surface area contributed by atoms with E-state index in [1.165, 1.54) is 0 Å². The van der Waals surface area contributed by atoms with E-state index < -0.39 is 35.9 Å². The summed E-state index contributed by atoms with van der Waals surface area (Å²) in [4.78, 5) is 58.7. The third-order valence-corrected chi connectivity index (χ3v) is 9.87. The predicted molar refractivity (Wildman–Crippen MR) is 198 cm³/mol. The van der Waals surface area contributed by atoms with Crippen LogP contribution in [-0.4, -0.2) is 58.7 Å². The molecular formula is C44H46N2O6. The van der Waals surface area contributed by atoms with Crippen LogP contribution in [0.2, 0.25) is 0 Å².